The molecule has 148 valence electrons. The maximum atomic E-state index is 12.5. The molecule has 1 aromatic carbocycles. The molecule has 1 fully saturated rings. The summed E-state index contributed by atoms with van der Waals surface area (Å²) in [5.74, 6) is 0.148. The number of carbonyl (C=O) groups excluding carboxylic acids is 2. The van der Waals surface area contributed by atoms with Crippen molar-refractivity contribution < 1.29 is 9.59 Å². The van der Waals surface area contributed by atoms with Gasteiger partial charge in [0.2, 0.25) is 0 Å². The van der Waals surface area contributed by atoms with Crippen molar-refractivity contribution in [1.82, 2.24) is 25.1 Å². The number of pyridine rings is 1. The van der Waals surface area contributed by atoms with Gasteiger partial charge in [-0.05, 0) is 49.2 Å². The van der Waals surface area contributed by atoms with Gasteiger partial charge in [0.15, 0.2) is 0 Å². The Hall–Kier alpha value is -3.55. The number of hydrogen-bond acceptors (Lipinski definition) is 5. The van der Waals surface area contributed by atoms with E-state index in [0.717, 1.165) is 12.8 Å². The summed E-state index contributed by atoms with van der Waals surface area (Å²) in [6.45, 7) is 0. The average Bonchev–Trinajstić information content (AvgIpc) is 3.30. The van der Waals surface area contributed by atoms with Gasteiger partial charge in [-0.3, -0.25) is 14.2 Å². The molecule has 0 saturated heterocycles. The molecule has 0 aliphatic heterocycles. The molecule has 1 aliphatic rings. The van der Waals surface area contributed by atoms with Crippen LogP contribution in [0, 0.1) is 0 Å². The monoisotopic (exact) mass is 390 g/mol. The highest BCUT2D eigenvalue weighted by molar-refractivity contribution is 6.03. The number of rotatable bonds is 5. The summed E-state index contributed by atoms with van der Waals surface area (Å²) in [7, 11) is 0. The average molecular weight is 390 g/mol. The predicted octanol–water partition coefficient (Wildman–Crippen LogP) is 2.98. The molecule has 8 heteroatoms. The zero-order chi connectivity index (χ0) is 20.1. The van der Waals surface area contributed by atoms with Crippen LogP contribution in [0.2, 0.25) is 0 Å². The van der Waals surface area contributed by atoms with E-state index in [-0.39, 0.29) is 23.6 Å². The van der Waals surface area contributed by atoms with Crippen molar-refractivity contribution in [3.8, 4) is 5.82 Å². The van der Waals surface area contributed by atoms with Crippen LogP contribution in [0.25, 0.3) is 5.82 Å². The fourth-order valence-electron chi connectivity index (χ4n) is 3.43. The van der Waals surface area contributed by atoms with E-state index in [1.807, 2.05) is 0 Å². The molecule has 8 nitrogen and oxygen atoms in total. The molecule has 1 saturated carbocycles. The third-order valence-electron chi connectivity index (χ3n) is 5.00. The van der Waals surface area contributed by atoms with Crippen molar-refractivity contribution in [2.45, 2.75) is 38.1 Å². The van der Waals surface area contributed by atoms with Crippen LogP contribution in [0.15, 0.2) is 55.1 Å². The third-order valence-corrected chi connectivity index (χ3v) is 5.00. The summed E-state index contributed by atoms with van der Waals surface area (Å²) in [4.78, 5) is 29.2. The van der Waals surface area contributed by atoms with Crippen LogP contribution in [0.3, 0.4) is 0 Å². The fraction of sp³-hybridized carbons (Fsp3) is 0.286. The minimum Gasteiger partial charge on any atom is -0.349 e. The Kier molecular flexibility index (Phi) is 5.60. The van der Waals surface area contributed by atoms with Gasteiger partial charge in [0.1, 0.15) is 24.2 Å². The van der Waals surface area contributed by atoms with Gasteiger partial charge < -0.3 is 10.6 Å². The summed E-state index contributed by atoms with van der Waals surface area (Å²) < 4.78 is 1.62. The number of hydrogen-bond donors (Lipinski definition) is 2. The summed E-state index contributed by atoms with van der Waals surface area (Å²) >= 11 is 0. The molecule has 2 N–H and O–H groups in total. The Morgan fingerprint density at radius 1 is 0.897 bits per heavy atom. The molecule has 0 bridgehead atoms. The number of benzene rings is 1. The van der Waals surface area contributed by atoms with Crippen molar-refractivity contribution in [3.05, 3.63) is 66.4 Å². The van der Waals surface area contributed by atoms with Crippen molar-refractivity contribution in [1.29, 1.82) is 0 Å². The maximum absolute atomic E-state index is 12.5. The second-order valence-electron chi connectivity index (χ2n) is 7.09. The van der Waals surface area contributed by atoms with Crippen molar-refractivity contribution in [2.75, 3.05) is 5.32 Å². The van der Waals surface area contributed by atoms with Crippen LogP contribution in [0.5, 0.6) is 0 Å². The van der Waals surface area contributed by atoms with Crippen molar-refractivity contribution in [3.63, 3.8) is 0 Å². The van der Waals surface area contributed by atoms with Crippen LogP contribution in [-0.2, 0) is 0 Å². The lowest BCUT2D eigenvalue weighted by atomic mass is 9.95. The standard InChI is InChI=1S/C21H22N6O2/c28-20(24-16-5-2-1-3-6-16)15-9-11-17(12-10-15)25-21(29)18-7-4-8-19(26-18)27-13-22-23-14-27/h4,7-14,16H,1-3,5-6H2,(H,24,28)(H,25,29). The van der Waals surface area contributed by atoms with E-state index in [9.17, 15) is 9.59 Å². The van der Waals surface area contributed by atoms with Crippen molar-refractivity contribution >= 4 is 17.5 Å². The first-order valence-electron chi connectivity index (χ1n) is 9.73. The van der Waals surface area contributed by atoms with Crippen LogP contribution in [0.1, 0.15) is 53.0 Å². The summed E-state index contributed by atoms with van der Waals surface area (Å²) in [6, 6.07) is 12.3. The molecule has 2 amide bonds. The fourth-order valence-corrected chi connectivity index (χ4v) is 3.43. The number of anilines is 1. The molecule has 4 rings (SSSR count). The number of nitrogens with one attached hydrogen (secondary N) is 2. The second-order valence-corrected chi connectivity index (χ2v) is 7.09. The molecule has 1 aliphatic carbocycles. The number of amides is 2. The molecule has 0 atom stereocenters. The molecule has 3 aromatic rings. The summed E-state index contributed by atoms with van der Waals surface area (Å²) in [6.07, 6.45) is 8.70. The Morgan fingerprint density at radius 3 is 2.34 bits per heavy atom. The molecule has 2 heterocycles. The van der Waals surface area contributed by atoms with Crippen LogP contribution in [-0.4, -0.2) is 37.6 Å². The topological polar surface area (TPSA) is 102 Å². The van der Waals surface area contributed by atoms with E-state index in [2.05, 4.69) is 25.8 Å². The highest BCUT2D eigenvalue weighted by Gasteiger charge is 2.17. The van der Waals surface area contributed by atoms with Gasteiger partial charge in [-0.15, -0.1) is 10.2 Å². The Balaban J connectivity index is 1.39. The minimum atomic E-state index is -0.334. The zero-order valence-electron chi connectivity index (χ0n) is 15.9. The Morgan fingerprint density at radius 2 is 1.62 bits per heavy atom. The van der Waals surface area contributed by atoms with Gasteiger partial charge in [0.05, 0.1) is 0 Å². The first-order chi connectivity index (χ1) is 14.2. The lowest BCUT2D eigenvalue weighted by Gasteiger charge is -2.22. The van der Waals surface area contributed by atoms with E-state index in [1.54, 1.807) is 47.0 Å². The van der Waals surface area contributed by atoms with Gasteiger partial charge in [-0.25, -0.2) is 4.98 Å². The van der Waals surface area contributed by atoms with E-state index in [4.69, 9.17) is 0 Å². The number of aromatic nitrogens is 4. The number of carbonyl (C=O) groups is 2. The smallest absolute Gasteiger partial charge is 0.274 e. The molecular formula is C21H22N6O2. The molecule has 2 aromatic heterocycles. The molecule has 0 unspecified atom stereocenters. The number of nitrogens with zero attached hydrogens (tertiary/aromatic N) is 4. The van der Waals surface area contributed by atoms with Gasteiger partial charge in [0.25, 0.3) is 11.8 Å². The summed E-state index contributed by atoms with van der Waals surface area (Å²) in [5.41, 5.74) is 1.46. The highest BCUT2D eigenvalue weighted by atomic mass is 16.2. The van der Waals surface area contributed by atoms with E-state index in [0.29, 0.717) is 17.1 Å². The van der Waals surface area contributed by atoms with Gasteiger partial charge in [0, 0.05) is 17.3 Å². The quantitative estimate of drug-likeness (QED) is 0.697. The Labute approximate surface area is 168 Å². The lowest BCUT2D eigenvalue weighted by molar-refractivity contribution is 0.0927. The highest BCUT2D eigenvalue weighted by Crippen LogP contribution is 2.18. The predicted molar refractivity (Wildman–Crippen MR) is 108 cm³/mol. The second kappa shape index (κ2) is 8.64. The first kappa shape index (κ1) is 18.8. The maximum Gasteiger partial charge on any atom is 0.274 e. The van der Waals surface area contributed by atoms with E-state index < -0.39 is 0 Å². The molecule has 0 radical (unpaired) electrons. The van der Waals surface area contributed by atoms with E-state index in [1.165, 1.54) is 31.9 Å². The zero-order valence-corrected chi connectivity index (χ0v) is 15.9. The normalized spacial score (nSPS) is 14.3. The SMILES string of the molecule is O=C(NC1CCCCC1)c1ccc(NC(=O)c2cccc(-n3cnnc3)n2)cc1. The molecule has 29 heavy (non-hydrogen) atoms. The van der Waals surface area contributed by atoms with Gasteiger partial charge in [-0.2, -0.15) is 0 Å². The van der Waals surface area contributed by atoms with Crippen LogP contribution < -0.4 is 10.6 Å². The lowest BCUT2D eigenvalue weighted by Crippen LogP contribution is -2.36. The van der Waals surface area contributed by atoms with Gasteiger partial charge >= 0.3 is 0 Å². The minimum absolute atomic E-state index is 0.0712. The molecular weight excluding hydrogens is 368 g/mol. The molecule has 0 spiro atoms. The van der Waals surface area contributed by atoms with Crippen molar-refractivity contribution in [2.24, 2.45) is 0 Å². The van der Waals surface area contributed by atoms with Crippen LogP contribution >= 0.6 is 0 Å². The summed E-state index contributed by atoms with van der Waals surface area (Å²) in [5, 5.41) is 13.4. The third kappa shape index (κ3) is 4.66. The Bertz CT molecular complexity index is 979. The van der Waals surface area contributed by atoms with Gasteiger partial charge in [-0.1, -0.05) is 25.3 Å². The van der Waals surface area contributed by atoms with E-state index >= 15 is 0 Å². The largest absolute Gasteiger partial charge is 0.349 e. The van der Waals surface area contributed by atoms with Crippen LogP contribution in [0.4, 0.5) is 5.69 Å². The first-order valence-corrected chi connectivity index (χ1v) is 9.73.